The van der Waals surface area contributed by atoms with Gasteiger partial charge >= 0.3 is 0 Å². The Kier molecular flexibility index (Phi) is 5.11. The van der Waals surface area contributed by atoms with Crippen molar-refractivity contribution in [2.45, 2.75) is 19.5 Å². The van der Waals surface area contributed by atoms with Gasteiger partial charge in [0.15, 0.2) is 0 Å². The molecule has 0 saturated carbocycles. The summed E-state index contributed by atoms with van der Waals surface area (Å²) >= 11 is 3.52. The Morgan fingerprint density at radius 3 is 2.62 bits per heavy atom. The van der Waals surface area contributed by atoms with Gasteiger partial charge in [0.25, 0.3) is 5.91 Å². The highest BCUT2D eigenvalue weighted by molar-refractivity contribution is 9.10. The normalized spacial score (nSPS) is 11.9. The minimum atomic E-state index is -0.127. The van der Waals surface area contributed by atoms with Crippen LogP contribution in [-0.2, 0) is 6.54 Å². The van der Waals surface area contributed by atoms with Gasteiger partial charge in [0, 0.05) is 10.7 Å². The molecular formula is C19H18BrN3O. The molecule has 0 bridgehead atoms. The lowest BCUT2D eigenvalue weighted by molar-refractivity contribution is 0.0939. The first-order valence-corrected chi connectivity index (χ1v) is 8.54. The molecule has 0 aliphatic rings. The van der Waals surface area contributed by atoms with Gasteiger partial charge < -0.3 is 5.32 Å². The Morgan fingerprint density at radius 2 is 1.88 bits per heavy atom. The van der Waals surface area contributed by atoms with E-state index in [2.05, 4.69) is 26.3 Å². The van der Waals surface area contributed by atoms with Crippen LogP contribution in [-0.4, -0.2) is 15.7 Å². The predicted molar refractivity (Wildman–Crippen MR) is 97.8 cm³/mol. The highest BCUT2D eigenvalue weighted by atomic mass is 79.9. The van der Waals surface area contributed by atoms with Crippen LogP contribution in [0.5, 0.6) is 0 Å². The lowest BCUT2D eigenvalue weighted by Crippen LogP contribution is -2.26. The number of carbonyl (C=O) groups excluding carboxylic acids is 1. The second-order valence-electron chi connectivity index (χ2n) is 5.63. The Hall–Kier alpha value is -2.40. The van der Waals surface area contributed by atoms with E-state index in [9.17, 15) is 4.79 Å². The van der Waals surface area contributed by atoms with Crippen LogP contribution in [0.25, 0.3) is 0 Å². The van der Waals surface area contributed by atoms with Crippen LogP contribution in [0.3, 0.4) is 0 Å². The Labute approximate surface area is 149 Å². The second-order valence-corrected chi connectivity index (χ2v) is 6.48. The Morgan fingerprint density at radius 1 is 1.17 bits per heavy atom. The molecule has 122 valence electrons. The second kappa shape index (κ2) is 7.45. The van der Waals surface area contributed by atoms with Gasteiger partial charge in [0.05, 0.1) is 24.3 Å². The van der Waals surface area contributed by atoms with Crippen molar-refractivity contribution in [1.29, 1.82) is 0 Å². The molecule has 1 amide bonds. The summed E-state index contributed by atoms with van der Waals surface area (Å²) in [5.74, 6) is -0.127. The van der Waals surface area contributed by atoms with E-state index in [4.69, 9.17) is 0 Å². The highest BCUT2D eigenvalue weighted by Crippen LogP contribution is 2.23. The number of benzene rings is 2. The monoisotopic (exact) mass is 383 g/mol. The van der Waals surface area contributed by atoms with Crippen molar-refractivity contribution in [1.82, 2.24) is 15.1 Å². The van der Waals surface area contributed by atoms with Crippen LogP contribution < -0.4 is 5.32 Å². The van der Waals surface area contributed by atoms with Crippen molar-refractivity contribution in [3.63, 3.8) is 0 Å². The van der Waals surface area contributed by atoms with E-state index >= 15 is 0 Å². The molecule has 1 N–H and O–H groups in total. The molecule has 1 atom stereocenters. The standard InChI is InChI=1S/C19H18BrN3O/c1-14(17-9-5-6-10-18(17)20)22-19(24)16-11-21-23(13-16)12-15-7-3-2-4-8-15/h2-11,13-14H,12H2,1H3,(H,22,24)/t14-/m0/s1. The number of nitrogens with one attached hydrogen (secondary N) is 1. The average molecular weight is 384 g/mol. The molecule has 0 radical (unpaired) electrons. The maximum Gasteiger partial charge on any atom is 0.254 e. The maximum atomic E-state index is 12.4. The molecule has 0 aliphatic heterocycles. The van der Waals surface area contributed by atoms with Crippen LogP contribution >= 0.6 is 15.9 Å². The van der Waals surface area contributed by atoms with Crippen molar-refractivity contribution >= 4 is 21.8 Å². The third-order valence-electron chi connectivity index (χ3n) is 3.80. The van der Waals surface area contributed by atoms with Gasteiger partial charge in [-0.2, -0.15) is 5.10 Å². The van der Waals surface area contributed by atoms with E-state index < -0.39 is 0 Å². The fraction of sp³-hybridized carbons (Fsp3) is 0.158. The first-order valence-electron chi connectivity index (χ1n) is 7.75. The van der Waals surface area contributed by atoms with Gasteiger partial charge in [-0.25, -0.2) is 0 Å². The average Bonchev–Trinajstić information content (AvgIpc) is 3.04. The van der Waals surface area contributed by atoms with Crippen LogP contribution in [0.15, 0.2) is 71.5 Å². The molecule has 0 spiro atoms. The molecule has 3 aromatic rings. The Bertz CT molecular complexity index is 829. The van der Waals surface area contributed by atoms with Gasteiger partial charge in [-0.3, -0.25) is 9.48 Å². The number of hydrogen-bond acceptors (Lipinski definition) is 2. The van der Waals surface area contributed by atoms with Crippen LogP contribution in [0.2, 0.25) is 0 Å². The summed E-state index contributed by atoms with van der Waals surface area (Å²) in [7, 11) is 0. The molecule has 0 saturated heterocycles. The number of amides is 1. The predicted octanol–water partition coefficient (Wildman–Crippen LogP) is 4.18. The Balaban J connectivity index is 1.67. The first-order chi connectivity index (χ1) is 11.6. The minimum absolute atomic E-state index is 0.0921. The van der Waals surface area contributed by atoms with E-state index in [1.165, 1.54) is 0 Å². The first kappa shape index (κ1) is 16.5. The maximum absolute atomic E-state index is 12.4. The van der Waals surface area contributed by atoms with Gasteiger partial charge in [-0.05, 0) is 24.1 Å². The highest BCUT2D eigenvalue weighted by Gasteiger charge is 2.15. The van der Waals surface area contributed by atoms with E-state index in [1.54, 1.807) is 17.1 Å². The largest absolute Gasteiger partial charge is 0.345 e. The SMILES string of the molecule is C[C@H](NC(=O)c1cnn(Cc2ccccc2)c1)c1ccccc1Br. The zero-order chi connectivity index (χ0) is 16.9. The molecule has 24 heavy (non-hydrogen) atoms. The molecule has 3 rings (SSSR count). The summed E-state index contributed by atoms with van der Waals surface area (Å²) in [5.41, 5.74) is 2.75. The molecule has 1 aromatic heterocycles. The zero-order valence-electron chi connectivity index (χ0n) is 13.3. The summed E-state index contributed by atoms with van der Waals surface area (Å²) in [6.07, 6.45) is 3.38. The van der Waals surface area contributed by atoms with E-state index in [0.717, 1.165) is 15.6 Å². The molecule has 4 nitrogen and oxygen atoms in total. The minimum Gasteiger partial charge on any atom is -0.345 e. The van der Waals surface area contributed by atoms with Gasteiger partial charge in [0.1, 0.15) is 0 Å². The molecule has 0 unspecified atom stereocenters. The van der Waals surface area contributed by atoms with Crippen LogP contribution in [0.1, 0.15) is 34.5 Å². The van der Waals surface area contributed by atoms with E-state index in [-0.39, 0.29) is 11.9 Å². The number of hydrogen-bond donors (Lipinski definition) is 1. The molecule has 5 heteroatoms. The number of aromatic nitrogens is 2. The molecular weight excluding hydrogens is 366 g/mol. The van der Waals surface area contributed by atoms with Gasteiger partial charge in [-0.15, -0.1) is 0 Å². The summed E-state index contributed by atoms with van der Waals surface area (Å²) in [5, 5.41) is 7.28. The van der Waals surface area contributed by atoms with Crippen molar-refractivity contribution in [2.24, 2.45) is 0 Å². The summed E-state index contributed by atoms with van der Waals surface area (Å²) in [4.78, 5) is 12.4. The van der Waals surface area contributed by atoms with Gasteiger partial charge in [-0.1, -0.05) is 64.5 Å². The summed E-state index contributed by atoms with van der Waals surface area (Å²) in [6.45, 7) is 2.61. The number of rotatable bonds is 5. The van der Waals surface area contributed by atoms with Crippen molar-refractivity contribution in [3.8, 4) is 0 Å². The lowest BCUT2D eigenvalue weighted by atomic mass is 10.1. The quantitative estimate of drug-likeness (QED) is 0.717. The third-order valence-corrected chi connectivity index (χ3v) is 4.52. The number of nitrogens with zero attached hydrogens (tertiary/aromatic N) is 2. The lowest BCUT2D eigenvalue weighted by Gasteiger charge is -2.15. The van der Waals surface area contributed by atoms with Crippen LogP contribution in [0, 0.1) is 0 Å². The fourth-order valence-electron chi connectivity index (χ4n) is 2.52. The number of halogens is 1. The fourth-order valence-corrected chi connectivity index (χ4v) is 3.15. The molecule has 2 aromatic carbocycles. The van der Waals surface area contributed by atoms with Gasteiger partial charge in [0.2, 0.25) is 0 Å². The smallest absolute Gasteiger partial charge is 0.254 e. The van der Waals surface area contributed by atoms with Crippen molar-refractivity contribution in [3.05, 3.63) is 88.2 Å². The van der Waals surface area contributed by atoms with Crippen molar-refractivity contribution in [2.75, 3.05) is 0 Å². The van der Waals surface area contributed by atoms with Crippen LogP contribution in [0.4, 0.5) is 0 Å². The van der Waals surface area contributed by atoms with Crippen molar-refractivity contribution < 1.29 is 4.79 Å². The number of carbonyl (C=O) groups is 1. The summed E-state index contributed by atoms with van der Waals surface area (Å²) in [6, 6.07) is 17.8. The zero-order valence-corrected chi connectivity index (χ0v) is 14.9. The topological polar surface area (TPSA) is 46.9 Å². The molecule has 0 fully saturated rings. The molecule has 1 heterocycles. The summed E-state index contributed by atoms with van der Waals surface area (Å²) < 4.78 is 2.76. The molecule has 0 aliphatic carbocycles. The van der Waals surface area contributed by atoms with E-state index in [1.807, 2.05) is 61.5 Å². The van der Waals surface area contributed by atoms with E-state index in [0.29, 0.717) is 12.1 Å². The third kappa shape index (κ3) is 3.92.